The molecule has 0 amide bonds. The molecule has 2 aliphatic carbocycles. The first-order chi connectivity index (χ1) is 7.33. The number of fused-ring (bicyclic) bond motifs is 5. The molecule has 0 aromatic carbocycles. The molecular formula is C13H17ClN2. The largest absolute Gasteiger partial charge is 0.226 e. The van der Waals surface area contributed by atoms with Crippen molar-refractivity contribution in [3.05, 3.63) is 22.7 Å². The van der Waals surface area contributed by atoms with Crippen molar-refractivity contribution in [3.8, 4) is 0 Å². The van der Waals surface area contributed by atoms with Gasteiger partial charge in [0.2, 0.25) is 5.28 Å². The normalized spacial score (nSPS) is 38.8. The minimum absolute atomic E-state index is 0.156. The summed E-state index contributed by atoms with van der Waals surface area (Å²) >= 11 is 5.94. The first-order valence-electron chi connectivity index (χ1n) is 5.86. The van der Waals surface area contributed by atoms with Crippen LogP contribution in [0.3, 0.4) is 0 Å². The fraction of sp³-hybridized carbons (Fsp3) is 0.692. The molecule has 1 aromatic heterocycles. The van der Waals surface area contributed by atoms with E-state index in [4.69, 9.17) is 11.6 Å². The molecule has 3 rings (SSSR count). The zero-order valence-corrected chi connectivity index (χ0v) is 11.0. The third kappa shape index (κ3) is 0.839. The number of rotatable bonds is 0. The van der Waals surface area contributed by atoms with Crippen LogP contribution in [0.1, 0.15) is 51.8 Å². The predicted octanol–water partition coefficient (Wildman–Crippen LogP) is 3.48. The topological polar surface area (TPSA) is 25.8 Å². The van der Waals surface area contributed by atoms with Gasteiger partial charge in [0.1, 0.15) is 0 Å². The summed E-state index contributed by atoms with van der Waals surface area (Å²) in [4.78, 5) is 8.67. The second kappa shape index (κ2) is 2.61. The molecule has 2 aliphatic rings. The molecule has 0 spiro atoms. The highest BCUT2D eigenvalue weighted by atomic mass is 35.5. The van der Waals surface area contributed by atoms with Gasteiger partial charge in [0.05, 0.1) is 5.69 Å². The van der Waals surface area contributed by atoms with Crippen LogP contribution in [-0.4, -0.2) is 9.97 Å². The lowest BCUT2D eigenvalue weighted by atomic mass is 9.64. The smallest absolute Gasteiger partial charge is 0.222 e. The second-order valence-electron chi connectivity index (χ2n) is 6.19. The van der Waals surface area contributed by atoms with Gasteiger partial charge in [0.25, 0.3) is 0 Å². The summed E-state index contributed by atoms with van der Waals surface area (Å²) in [5.74, 6) is 0. The molecular weight excluding hydrogens is 220 g/mol. The van der Waals surface area contributed by atoms with Crippen molar-refractivity contribution in [2.75, 3.05) is 0 Å². The molecule has 2 unspecified atom stereocenters. The number of halogens is 1. The van der Waals surface area contributed by atoms with Crippen LogP contribution >= 0.6 is 11.6 Å². The highest BCUT2D eigenvalue weighted by Gasteiger charge is 2.66. The van der Waals surface area contributed by atoms with Gasteiger partial charge in [0.15, 0.2) is 0 Å². The molecule has 1 aromatic rings. The van der Waals surface area contributed by atoms with Gasteiger partial charge in [0, 0.05) is 17.0 Å². The number of aromatic nitrogens is 2. The van der Waals surface area contributed by atoms with Crippen LogP contribution in [0.25, 0.3) is 0 Å². The molecule has 1 heterocycles. The van der Waals surface area contributed by atoms with E-state index in [0.29, 0.717) is 5.28 Å². The van der Waals surface area contributed by atoms with Crippen LogP contribution in [0.5, 0.6) is 0 Å². The van der Waals surface area contributed by atoms with E-state index in [2.05, 4.69) is 37.7 Å². The quantitative estimate of drug-likeness (QED) is 0.645. The van der Waals surface area contributed by atoms with Crippen molar-refractivity contribution in [3.63, 3.8) is 0 Å². The van der Waals surface area contributed by atoms with Gasteiger partial charge in [-0.05, 0) is 35.4 Å². The van der Waals surface area contributed by atoms with Crippen molar-refractivity contribution >= 4 is 11.6 Å². The molecule has 86 valence electrons. The summed E-state index contributed by atoms with van der Waals surface area (Å²) in [6.45, 7) is 9.39. The van der Waals surface area contributed by atoms with Crippen LogP contribution in [0.15, 0.2) is 6.20 Å². The minimum Gasteiger partial charge on any atom is -0.226 e. The predicted molar refractivity (Wildman–Crippen MR) is 64.8 cm³/mol. The Labute approximate surface area is 101 Å². The van der Waals surface area contributed by atoms with Gasteiger partial charge >= 0.3 is 0 Å². The molecule has 0 aliphatic heterocycles. The Balaban J connectivity index is 2.36. The van der Waals surface area contributed by atoms with Crippen molar-refractivity contribution in [1.82, 2.24) is 9.97 Å². The Kier molecular flexibility index (Phi) is 1.72. The summed E-state index contributed by atoms with van der Waals surface area (Å²) in [6, 6.07) is 0. The highest BCUT2D eigenvalue weighted by molar-refractivity contribution is 6.28. The van der Waals surface area contributed by atoms with E-state index >= 15 is 0 Å². The standard InChI is InChI=1S/C13H17ClN2/c1-11(2)12(3)5-6-13(11,4)9-8(12)7-15-10(14)16-9/h7H,5-6H2,1-4H3. The van der Waals surface area contributed by atoms with Gasteiger partial charge in [-0.15, -0.1) is 0 Å². The van der Waals surface area contributed by atoms with Gasteiger partial charge in [-0.25, -0.2) is 9.97 Å². The van der Waals surface area contributed by atoms with Crippen molar-refractivity contribution in [2.24, 2.45) is 5.41 Å². The molecule has 1 saturated carbocycles. The highest BCUT2D eigenvalue weighted by Crippen LogP contribution is 2.70. The monoisotopic (exact) mass is 236 g/mol. The van der Waals surface area contributed by atoms with Gasteiger partial charge < -0.3 is 0 Å². The average molecular weight is 237 g/mol. The van der Waals surface area contributed by atoms with Crippen LogP contribution in [0.2, 0.25) is 5.28 Å². The Hall–Kier alpha value is -0.630. The molecule has 2 atom stereocenters. The molecule has 0 N–H and O–H groups in total. The zero-order valence-electron chi connectivity index (χ0n) is 10.3. The SMILES string of the molecule is CC12CCC(C)(c3nc(Cl)ncc31)C2(C)C. The molecule has 2 bridgehead atoms. The van der Waals surface area contributed by atoms with E-state index in [1.807, 2.05) is 6.20 Å². The van der Waals surface area contributed by atoms with E-state index in [0.717, 1.165) is 0 Å². The zero-order chi connectivity index (χ0) is 11.8. The fourth-order valence-corrected chi connectivity index (χ4v) is 3.94. The Morgan fingerprint density at radius 2 is 1.75 bits per heavy atom. The van der Waals surface area contributed by atoms with Crippen molar-refractivity contribution in [1.29, 1.82) is 0 Å². The molecule has 2 nitrogen and oxygen atoms in total. The van der Waals surface area contributed by atoms with E-state index in [9.17, 15) is 0 Å². The Bertz CT molecular complexity index is 483. The number of nitrogens with zero attached hydrogens (tertiary/aromatic N) is 2. The third-order valence-electron chi connectivity index (χ3n) is 5.76. The number of hydrogen-bond donors (Lipinski definition) is 0. The molecule has 0 saturated heterocycles. The molecule has 16 heavy (non-hydrogen) atoms. The molecule has 3 heteroatoms. The van der Waals surface area contributed by atoms with Gasteiger partial charge in [-0.3, -0.25) is 0 Å². The molecule has 1 fully saturated rings. The number of hydrogen-bond acceptors (Lipinski definition) is 2. The summed E-state index contributed by atoms with van der Waals surface area (Å²) in [5, 5.41) is 0.381. The van der Waals surface area contributed by atoms with E-state index in [1.54, 1.807) is 0 Å². The Morgan fingerprint density at radius 3 is 2.44 bits per heavy atom. The van der Waals surface area contributed by atoms with Crippen LogP contribution < -0.4 is 0 Å². The summed E-state index contributed by atoms with van der Waals surface area (Å²) < 4.78 is 0. The lowest BCUT2D eigenvalue weighted by Crippen LogP contribution is -2.37. The summed E-state index contributed by atoms with van der Waals surface area (Å²) in [5.41, 5.74) is 3.11. The van der Waals surface area contributed by atoms with Crippen LogP contribution in [0, 0.1) is 5.41 Å². The van der Waals surface area contributed by atoms with Gasteiger partial charge in [-0.1, -0.05) is 27.7 Å². The van der Waals surface area contributed by atoms with Crippen molar-refractivity contribution < 1.29 is 0 Å². The minimum atomic E-state index is 0.156. The first kappa shape index (κ1) is 10.5. The Morgan fingerprint density at radius 1 is 1.12 bits per heavy atom. The maximum absolute atomic E-state index is 5.94. The lowest BCUT2D eigenvalue weighted by molar-refractivity contribution is 0.170. The van der Waals surface area contributed by atoms with Crippen LogP contribution in [0.4, 0.5) is 0 Å². The third-order valence-corrected chi connectivity index (χ3v) is 5.94. The molecule has 0 radical (unpaired) electrons. The first-order valence-corrected chi connectivity index (χ1v) is 6.24. The maximum Gasteiger partial charge on any atom is 0.222 e. The van der Waals surface area contributed by atoms with E-state index in [-0.39, 0.29) is 16.2 Å². The van der Waals surface area contributed by atoms with E-state index in [1.165, 1.54) is 24.1 Å². The van der Waals surface area contributed by atoms with E-state index < -0.39 is 0 Å². The van der Waals surface area contributed by atoms with Gasteiger partial charge in [-0.2, -0.15) is 0 Å². The fourth-order valence-electron chi connectivity index (χ4n) is 3.80. The van der Waals surface area contributed by atoms with Crippen LogP contribution in [-0.2, 0) is 10.8 Å². The maximum atomic E-state index is 5.94. The summed E-state index contributed by atoms with van der Waals surface area (Å²) in [7, 11) is 0. The summed E-state index contributed by atoms with van der Waals surface area (Å²) in [6.07, 6.45) is 4.38. The van der Waals surface area contributed by atoms with Crippen molar-refractivity contribution in [2.45, 2.75) is 51.4 Å². The average Bonchev–Trinajstić information content (AvgIpc) is 2.46. The second-order valence-corrected chi connectivity index (χ2v) is 6.53. The lowest BCUT2D eigenvalue weighted by Gasteiger charge is -2.38.